The minimum absolute atomic E-state index is 0.0174. The third kappa shape index (κ3) is 4.17. The van der Waals surface area contributed by atoms with Crippen LogP contribution in [0, 0.1) is 10.1 Å². The van der Waals surface area contributed by atoms with Gasteiger partial charge in [-0.3, -0.25) is 15.4 Å². The molecule has 0 atom stereocenters. The largest absolute Gasteiger partial charge is 0.324 e. The number of aromatic nitrogens is 1. The molecule has 1 heterocycles. The zero-order valence-corrected chi connectivity index (χ0v) is 13.0. The predicted molar refractivity (Wildman–Crippen MR) is 95.4 cm³/mol. The molecule has 0 aliphatic carbocycles. The standard InChI is InChI=1S/C18H14N4O3/c23-18(21-17-9-1-2-10-19-17)20-15-7-3-5-13(11-15)14-6-4-8-16(12-14)22(24)25/h1-12H,(H2,19,20,21,23). The fourth-order valence-corrected chi connectivity index (χ4v) is 2.29. The van der Waals surface area contributed by atoms with E-state index >= 15 is 0 Å². The van der Waals surface area contributed by atoms with Crippen LogP contribution in [0.5, 0.6) is 0 Å². The van der Waals surface area contributed by atoms with Crippen molar-refractivity contribution < 1.29 is 9.72 Å². The Balaban J connectivity index is 1.76. The summed E-state index contributed by atoms with van der Waals surface area (Å²) in [7, 11) is 0. The van der Waals surface area contributed by atoms with Gasteiger partial charge in [-0.25, -0.2) is 9.78 Å². The third-order valence-electron chi connectivity index (χ3n) is 3.42. The van der Waals surface area contributed by atoms with Crippen molar-refractivity contribution >= 4 is 23.2 Å². The van der Waals surface area contributed by atoms with Gasteiger partial charge in [0.05, 0.1) is 4.92 Å². The summed E-state index contributed by atoms with van der Waals surface area (Å²) < 4.78 is 0. The van der Waals surface area contributed by atoms with Gasteiger partial charge in [0.1, 0.15) is 5.82 Å². The van der Waals surface area contributed by atoms with E-state index in [1.165, 1.54) is 12.1 Å². The second-order valence-electron chi connectivity index (χ2n) is 5.18. The topological polar surface area (TPSA) is 97.2 Å². The average Bonchev–Trinajstić information content (AvgIpc) is 2.63. The summed E-state index contributed by atoms with van der Waals surface area (Å²) in [6.07, 6.45) is 1.58. The highest BCUT2D eigenvalue weighted by atomic mass is 16.6. The fraction of sp³-hybridized carbons (Fsp3) is 0. The average molecular weight is 334 g/mol. The summed E-state index contributed by atoms with van der Waals surface area (Å²) in [5, 5.41) is 16.2. The van der Waals surface area contributed by atoms with Crippen LogP contribution in [-0.4, -0.2) is 15.9 Å². The molecule has 2 N–H and O–H groups in total. The molecule has 2 aromatic carbocycles. The van der Waals surface area contributed by atoms with Crippen LogP contribution in [-0.2, 0) is 0 Å². The number of rotatable bonds is 4. The van der Waals surface area contributed by atoms with Crippen LogP contribution in [0.1, 0.15) is 0 Å². The molecule has 7 heteroatoms. The van der Waals surface area contributed by atoms with E-state index in [1.807, 2.05) is 6.07 Å². The molecule has 3 aromatic rings. The second-order valence-corrected chi connectivity index (χ2v) is 5.18. The number of carbonyl (C=O) groups is 1. The Morgan fingerprint density at radius 3 is 2.40 bits per heavy atom. The molecule has 0 unspecified atom stereocenters. The van der Waals surface area contributed by atoms with Gasteiger partial charge in [-0.1, -0.05) is 30.3 Å². The third-order valence-corrected chi connectivity index (χ3v) is 3.42. The number of hydrogen-bond donors (Lipinski definition) is 2. The molecule has 7 nitrogen and oxygen atoms in total. The number of non-ortho nitro benzene ring substituents is 1. The van der Waals surface area contributed by atoms with E-state index in [-0.39, 0.29) is 5.69 Å². The maximum Gasteiger partial charge on any atom is 0.324 e. The van der Waals surface area contributed by atoms with Crippen molar-refractivity contribution in [3.8, 4) is 11.1 Å². The number of nitrogens with one attached hydrogen (secondary N) is 2. The maximum atomic E-state index is 12.0. The van der Waals surface area contributed by atoms with Gasteiger partial charge in [-0.2, -0.15) is 0 Å². The van der Waals surface area contributed by atoms with Gasteiger partial charge in [0.25, 0.3) is 5.69 Å². The summed E-state index contributed by atoms with van der Waals surface area (Å²) >= 11 is 0. The first-order valence-electron chi connectivity index (χ1n) is 7.46. The fourth-order valence-electron chi connectivity index (χ4n) is 2.29. The molecule has 124 valence electrons. The second kappa shape index (κ2) is 7.22. The molecule has 0 aliphatic rings. The normalized spacial score (nSPS) is 10.1. The van der Waals surface area contributed by atoms with E-state index in [9.17, 15) is 14.9 Å². The van der Waals surface area contributed by atoms with E-state index in [4.69, 9.17) is 0 Å². The summed E-state index contributed by atoms with van der Waals surface area (Å²) in [6, 6.07) is 18.2. The smallest absolute Gasteiger partial charge is 0.308 e. The van der Waals surface area contributed by atoms with Gasteiger partial charge in [-0.05, 0) is 35.4 Å². The van der Waals surface area contributed by atoms with Crippen LogP contribution < -0.4 is 10.6 Å². The van der Waals surface area contributed by atoms with Crippen LogP contribution in [0.3, 0.4) is 0 Å². The molecular formula is C18H14N4O3. The number of nitrogens with zero attached hydrogens (tertiary/aromatic N) is 2. The molecule has 3 rings (SSSR count). The molecular weight excluding hydrogens is 320 g/mol. The Kier molecular flexibility index (Phi) is 4.66. The van der Waals surface area contributed by atoms with Crippen molar-refractivity contribution in [1.29, 1.82) is 0 Å². The number of urea groups is 1. The number of hydrogen-bond acceptors (Lipinski definition) is 4. The molecule has 0 radical (unpaired) electrons. The minimum atomic E-state index is -0.439. The molecule has 1 aromatic heterocycles. The summed E-state index contributed by atoms with van der Waals surface area (Å²) in [6.45, 7) is 0. The first kappa shape index (κ1) is 16.1. The highest BCUT2D eigenvalue weighted by Crippen LogP contribution is 2.26. The Morgan fingerprint density at radius 1 is 0.920 bits per heavy atom. The van der Waals surface area contributed by atoms with Crippen LogP contribution in [0.2, 0.25) is 0 Å². The molecule has 0 saturated heterocycles. The van der Waals surface area contributed by atoms with Crippen molar-refractivity contribution in [2.24, 2.45) is 0 Å². The van der Waals surface area contributed by atoms with Gasteiger partial charge in [0.15, 0.2) is 0 Å². The van der Waals surface area contributed by atoms with Crippen LogP contribution in [0.4, 0.5) is 22.0 Å². The van der Waals surface area contributed by atoms with Gasteiger partial charge in [0.2, 0.25) is 0 Å². The monoisotopic (exact) mass is 334 g/mol. The van der Waals surface area contributed by atoms with E-state index in [2.05, 4.69) is 15.6 Å². The Hall–Kier alpha value is -3.74. The van der Waals surface area contributed by atoms with Crippen molar-refractivity contribution in [2.75, 3.05) is 10.6 Å². The highest BCUT2D eigenvalue weighted by molar-refractivity contribution is 5.99. The summed E-state index contributed by atoms with van der Waals surface area (Å²) in [5.74, 6) is 0.440. The first-order chi connectivity index (χ1) is 12.1. The molecule has 0 aliphatic heterocycles. The lowest BCUT2D eigenvalue weighted by Crippen LogP contribution is -2.19. The Labute approximate surface area is 143 Å². The number of benzene rings is 2. The van der Waals surface area contributed by atoms with Gasteiger partial charge in [-0.15, -0.1) is 0 Å². The maximum absolute atomic E-state index is 12.0. The molecule has 0 spiro atoms. The van der Waals surface area contributed by atoms with Crippen molar-refractivity contribution in [1.82, 2.24) is 4.98 Å². The zero-order valence-electron chi connectivity index (χ0n) is 13.0. The zero-order chi connectivity index (χ0) is 17.6. The molecule has 0 saturated carbocycles. The summed E-state index contributed by atoms with van der Waals surface area (Å²) in [5.41, 5.74) is 2.04. The Bertz CT molecular complexity index is 913. The van der Waals surface area contributed by atoms with E-state index in [1.54, 1.807) is 54.7 Å². The van der Waals surface area contributed by atoms with Crippen LogP contribution >= 0.6 is 0 Å². The van der Waals surface area contributed by atoms with E-state index < -0.39 is 11.0 Å². The molecule has 25 heavy (non-hydrogen) atoms. The van der Waals surface area contributed by atoms with E-state index in [0.29, 0.717) is 17.1 Å². The van der Waals surface area contributed by atoms with Crippen LogP contribution in [0.25, 0.3) is 11.1 Å². The van der Waals surface area contributed by atoms with Crippen molar-refractivity contribution in [2.45, 2.75) is 0 Å². The quantitative estimate of drug-likeness (QED) is 0.549. The number of nitro benzene ring substituents is 1. The molecule has 0 fully saturated rings. The lowest BCUT2D eigenvalue weighted by molar-refractivity contribution is -0.384. The van der Waals surface area contributed by atoms with Gasteiger partial charge < -0.3 is 5.32 Å². The van der Waals surface area contributed by atoms with Crippen molar-refractivity contribution in [3.63, 3.8) is 0 Å². The van der Waals surface area contributed by atoms with E-state index in [0.717, 1.165) is 5.56 Å². The number of nitro groups is 1. The lowest BCUT2D eigenvalue weighted by Gasteiger charge is -2.09. The van der Waals surface area contributed by atoms with Gasteiger partial charge >= 0.3 is 6.03 Å². The highest BCUT2D eigenvalue weighted by Gasteiger charge is 2.08. The van der Waals surface area contributed by atoms with Crippen molar-refractivity contribution in [3.05, 3.63) is 83.0 Å². The predicted octanol–water partition coefficient (Wildman–Crippen LogP) is 4.30. The number of anilines is 2. The number of pyridine rings is 1. The lowest BCUT2D eigenvalue weighted by atomic mass is 10.0. The van der Waals surface area contributed by atoms with Gasteiger partial charge in [0, 0.05) is 24.0 Å². The Morgan fingerprint density at radius 2 is 1.68 bits per heavy atom. The molecule has 2 amide bonds. The molecule has 0 bridgehead atoms. The first-order valence-corrected chi connectivity index (χ1v) is 7.46. The number of carbonyl (C=O) groups excluding carboxylic acids is 1. The minimum Gasteiger partial charge on any atom is -0.308 e. The SMILES string of the molecule is O=C(Nc1cccc(-c2cccc([N+](=O)[O-])c2)c1)Nc1ccccn1. The summed E-state index contributed by atoms with van der Waals surface area (Å²) in [4.78, 5) is 26.5. The van der Waals surface area contributed by atoms with Crippen LogP contribution in [0.15, 0.2) is 72.9 Å². The number of amides is 2.